The van der Waals surface area contributed by atoms with Gasteiger partial charge in [0, 0.05) is 0 Å². The molecule has 1 aromatic heterocycles. The van der Waals surface area contributed by atoms with Gasteiger partial charge in [-0.1, -0.05) is 41.4 Å². The molecule has 0 aliphatic heterocycles. The first-order valence-electron chi connectivity index (χ1n) is 7.83. The highest BCUT2D eigenvalue weighted by molar-refractivity contribution is 6.37. The van der Waals surface area contributed by atoms with Crippen LogP contribution in [0.3, 0.4) is 0 Å². The lowest BCUT2D eigenvalue weighted by molar-refractivity contribution is 0.216. The maximum absolute atomic E-state index is 6.27. The van der Waals surface area contributed by atoms with E-state index >= 15 is 0 Å². The van der Waals surface area contributed by atoms with Crippen LogP contribution in [-0.2, 0) is 0 Å². The molecule has 134 valence electrons. The molecule has 0 amide bonds. The van der Waals surface area contributed by atoms with Crippen molar-refractivity contribution >= 4 is 29.4 Å². The predicted octanol–water partition coefficient (Wildman–Crippen LogP) is 4.23. The van der Waals surface area contributed by atoms with Crippen molar-refractivity contribution in [3.8, 4) is 11.5 Å². The molecule has 6 nitrogen and oxygen atoms in total. The Bertz CT molecular complexity index is 875. The lowest BCUT2D eigenvalue weighted by Gasteiger charge is -2.12. The molecule has 0 saturated carbocycles. The summed E-state index contributed by atoms with van der Waals surface area (Å²) in [7, 11) is 0. The smallest absolute Gasteiger partial charge is 0.156 e. The van der Waals surface area contributed by atoms with Crippen LogP contribution in [0.2, 0.25) is 10.0 Å². The Morgan fingerprint density at radius 3 is 2.38 bits per heavy atom. The number of benzene rings is 2. The van der Waals surface area contributed by atoms with Gasteiger partial charge in [0.1, 0.15) is 31.6 Å². The zero-order valence-corrected chi connectivity index (χ0v) is 15.5. The number of rotatable bonds is 7. The third-order valence-electron chi connectivity index (χ3n) is 3.45. The van der Waals surface area contributed by atoms with E-state index in [9.17, 15) is 0 Å². The molecule has 0 bridgehead atoms. The van der Waals surface area contributed by atoms with Crippen LogP contribution in [0.4, 0.5) is 0 Å². The lowest BCUT2D eigenvalue weighted by Crippen LogP contribution is -2.10. The third-order valence-corrected chi connectivity index (χ3v) is 4.01. The van der Waals surface area contributed by atoms with Crippen molar-refractivity contribution < 1.29 is 9.47 Å². The molecule has 0 saturated heterocycles. The van der Waals surface area contributed by atoms with Crippen molar-refractivity contribution in [3.05, 3.63) is 70.2 Å². The zero-order valence-electron chi connectivity index (χ0n) is 14.0. The van der Waals surface area contributed by atoms with Crippen molar-refractivity contribution in [3.63, 3.8) is 0 Å². The van der Waals surface area contributed by atoms with Gasteiger partial charge in [0.25, 0.3) is 0 Å². The lowest BCUT2D eigenvalue weighted by atomic mass is 10.2. The SMILES string of the molecule is Cc1ccccc1OCCOc1c(Cl)cc(C=Nn2cnnc2)cc1Cl. The molecule has 0 aliphatic rings. The molecule has 3 rings (SSSR count). The first kappa shape index (κ1) is 18.2. The second-order valence-electron chi connectivity index (χ2n) is 5.36. The van der Waals surface area contributed by atoms with E-state index in [1.165, 1.54) is 17.3 Å². The molecule has 0 radical (unpaired) electrons. The highest BCUT2D eigenvalue weighted by atomic mass is 35.5. The van der Waals surface area contributed by atoms with Crippen molar-refractivity contribution in [2.75, 3.05) is 13.2 Å². The van der Waals surface area contributed by atoms with E-state index < -0.39 is 0 Å². The second-order valence-corrected chi connectivity index (χ2v) is 6.18. The fourth-order valence-corrected chi connectivity index (χ4v) is 2.81. The van der Waals surface area contributed by atoms with Gasteiger partial charge in [-0.2, -0.15) is 5.10 Å². The van der Waals surface area contributed by atoms with Crippen molar-refractivity contribution in [1.82, 2.24) is 14.9 Å². The molecule has 0 spiro atoms. The summed E-state index contributed by atoms with van der Waals surface area (Å²) < 4.78 is 12.8. The van der Waals surface area contributed by atoms with Crippen LogP contribution in [0.5, 0.6) is 11.5 Å². The number of nitrogens with zero attached hydrogens (tertiary/aromatic N) is 4. The highest BCUT2D eigenvalue weighted by Crippen LogP contribution is 2.33. The van der Waals surface area contributed by atoms with E-state index in [2.05, 4.69) is 15.3 Å². The second kappa shape index (κ2) is 8.69. The average Bonchev–Trinajstić information content (AvgIpc) is 3.13. The Hall–Kier alpha value is -2.57. The number of hydrogen-bond acceptors (Lipinski definition) is 5. The van der Waals surface area contributed by atoms with Crippen LogP contribution < -0.4 is 9.47 Å². The van der Waals surface area contributed by atoms with Crippen LogP contribution >= 0.6 is 23.2 Å². The Kier molecular flexibility index (Phi) is 6.09. The topological polar surface area (TPSA) is 61.5 Å². The summed E-state index contributed by atoms with van der Waals surface area (Å²) in [5.74, 6) is 1.25. The monoisotopic (exact) mass is 390 g/mol. The normalized spacial score (nSPS) is 11.0. The molecule has 26 heavy (non-hydrogen) atoms. The average molecular weight is 391 g/mol. The summed E-state index contributed by atoms with van der Waals surface area (Å²) in [6.45, 7) is 2.69. The summed E-state index contributed by atoms with van der Waals surface area (Å²) in [6.07, 6.45) is 4.56. The number of aromatic nitrogens is 3. The van der Waals surface area contributed by atoms with Gasteiger partial charge in [-0.15, -0.1) is 10.2 Å². The summed E-state index contributed by atoms with van der Waals surface area (Å²) in [5, 5.41) is 12.3. The number of aryl methyl sites for hydroxylation is 1. The van der Waals surface area contributed by atoms with E-state index in [1.807, 2.05) is 31.2 Å². The largest absolute Gasteiger partial charge is 0.490 e. The highest BCUT2D eigenvalue weighted by Gasteiger charge is 2.09. The number of ether oxygens (including phenoxy) is 2. The van der Waals surface area contributed by atoms with E-state index in [0.717, 1.165) is 16.9 Å². The van der Waals surface area contributed by atoms with Gasteiger partial charge in [-0.25, -0.2) is 4.68 Å². The molecular weight excluding hydrogens is 375 g/mol. The van der Waals surface area contributed by atoms with Crippen molar-refractivity contribution in [2.24, 2.45) is 5.10 Å². The summed E-state index contributed by atoms with van der Waals surface area (Å²) in [5.41, 5.74) is 1.80. The fourth-order valence-electron chi connectivity index (χ4n) is 2.19. The van der Waals surface area contributed by atoms with Crippen LogP contribution in [0.25, 0.3) is 0 Å². The van der Waals surface area contributed by atoms with Gasteiger partial charge in [-0.3, -0.25) is 0 Å². The van der Waals surface area contributed by atoms with Gasteiger partial charge in [-0.05, 0) is 36.2 Å². The maximum atomic E-state index is 6.27. The number of halogens is 2. The summed E-state index contributed by atoms with van der Waals surface area (Å²) in [4.78, 5) is 0. The van der Waals surface area contributed by atoms with E-state index in [0.29, 0.717) is 29.0 Å². The molecule has 0 fully saturated rings. The molecular formula is C18H16Cl2N4O2. The van der Waals surface area contributed by atoms with Crippen LogP contribution in [0, 0.1) is 6.92 Å². The Morgan fingerprint density at radius 1 is 1.04 bits per heavy atom. The van der Waals surface area contributed by atoms with Gasteiger partial charge < -0.3 is 9.47 Å². The van der Waals surface area contributed by atoms with E-state index in [1.54, 1.807) is 18.3 Å². The van der Waals surface area contributed by atoms with Gasteiger partial charge in [0.15, 0.2) is 5.75 Å². The molecule has 2 aromatic carbocycles. The molecule has 0 N–H and O–H groups in total. The first-order chi connectivity index (χ1) is 12.6. The standard InChI is InChI=1S/C18H16Cl2N4O2/c1-13-4-2-3-5-17(13)25-6-7-26-18-15(19)8-14(9-16(18)20)10-23-24-11-21-22-12-24/h2-5,8-12H,6-7H2,1H3. The minimum absolute atomic E-state index is 0.321. The minimum atomic E-state index is 0.321. The molecule has 0 aliphatic carbocycles. The van der Waals surface area contributed by atoms with Gasteiger partial charge in [0.2, 0.25) is 0 Å². The Morgan fingerprint density at radius 2 is 1.69 bits per heavy atom. The Balaban J connectivity index is 1.59. The van der Waals surface area contributed by atoms with Crippen molar-refractivity contribution in [1.29, 1.82) is 0 Å². The van der Waals surface area contributed by atoms with E-state index in [4.69, 9.17) is 32.7 Å². The summed E-state index contributed by atoms with van der Waals surface area (Å²) >= 11 is 12.5. The quantitative estimate of drug-likeness (QED) is 0.447. The summed E-state index contributed by atoms with van der Waals surface area (Å²) in [6, 6.07) is 11.2. The fraction of sp³-hybridized carbons (Fsp3) is 0.167. The number of para-hydroxylation sites is 1. The molecule has 0 atom stereocenters. The van der Waals surface area contributed by atoms with Gasteiger partial charge in [0.05, 0.1) is 16.3 Å². The van der Waals surface area contributed by atoms with Crippen LogP contribution in [0.1, 0.15) is 11.1 Å². The molecule has 0 unspecified atom stereocenters. The van der Waals surface area contributed by atoms with Crippen molar-refractivity contribution in [2.45, 2.75) is 6.92 Å². The van der Waals surface area contributed by atoms with Crippen LogP contribution in [-0.4, -0.2) is 34.3 Å². The van der Waals surface area contributed by atoms with E-state index in [-0.39, 0.29) is 0 Å². The Labute approximate surface area is 161 Å². The molecule has 3 aromatic rings. The predicted molar refractivity (Wildman–Crippen MR) is 102 cm³/mol. The van der Waals surface area contributed by atoms with Crippen LogP contribution in [0.15, 0.2) is 54.2 Å². The molecule has 1 heterocycles. The zero-order chi connectivity index (χ0) is 18.4. The molecule has 8 heteroatoms. The third kappa shape index (κ3) is 4.74. The first-order valence-corrected chi connectivity index (χ1v) is 8.58. The minimum Gasteiger partial charge on any atom is -0.490 e. The maximum Gasteiger partial charge on any atom is 0.156 e. The van der Waals surface area contributed by atoms with Gasteiger partial charge >= 0.3 is 0 Å². The number of hydrogen-bond donors (Lipinski definition) is 0.